The molecule has 5 heteroatoms. The molecule has 0 aliphatic heterocycles. The molecule has 0 aromatic heterocycles. The molecular weight excluding hydrogens is 396 g/mol. The minimum absolute atomic E-state index is 0.0131. The van der Waals surface area contributed by atoms with Crippen molar-refractivity contribution in [3.05, 3.63) is 99.6 Å². The van der Waals surface area contributed by atoms with Gasteiger partial charge in [-0.3, -0.25) is 4.79 Å². The average Bonchev–Trinajstić information content (AvgIpc) is 2.75. The number of anilines is 1. The summed E-state index contributed by atoms with van der Waals surface area (Å²) in [5.41, 5.74) is 4.32. The summed E-state index contributed by atoms with van der Waals surface area (Å²) in [6.45, 7) is 4.23. The van der Waals surface area contributed by atoms with E-state index in [2.05, 4.69) is 5.32 Å². The van der Waals surface area contributed by atoms with E-state index in [4.69, 9.17) is 16.3 Å². The van der Waals surface area contributed by atoms with E-state index in [1.165, 1.54) is 0 Å². The first-order valence-corrected chi connectivity index (χ1v) is 9.81. The second kappa shape index (κ2) is 9.78. The van der Waals surface area contributed by atoms with Crippen LogP contribution in [0.15, 0.2) is 72.3 Å². The number of carbonyl (C=O) groups is 1. The fourth-order valence-corrected chi connectivity index (χ4v) is 3.05. The Balaban J connectivity index is 1.75. The molecule has 0 aliphatic rings. The SMILES string of the molecule is Cc1cccc(NC(=O)/C(C#N)=C\c2cccc(OCc3ccccc3Cl)c2)c1C. The Morgan fingerprint density at radius 1 is 1.10 bits per heavy atom. The third kappa shape index (κ3) is 5.28. The molecule has 30 heavy (non-hydrogen) atoms. The molecule has 0 heterocycles. The van der Waals surface area contributed by atoms with Crippen molar-refractivity contribution >= 4 is 29.3 Å². The smallest absolute Gasteiger partial charge is 0.266 e. The van der Waals surface area contributed by atoms with Gasteiger partial charge in [-0.15, -0.1) is 0 Å². The van der Waals surface area contributed by atoms with Gasteiger partial charge >= 0.3 is 0 Å². The Bertz CT molecular complexity index is 1150. The van der Waals surface area contributed by atoms with Crippen molar-refractivity contribution < 1.29 is 9.53 Å². The van der Waals surface area contributed by atoms with Gasteiger partial charge in [0.15, 0.2) is 0 Å². The van der Waals surface area contributed by atoms with E-state index in [1.807, 2.05) is 80.6 Å². The van der Waals surface area contributed by atoms with Crippen LogP contribution in [-0.2, 0) is 11.4 Å². The van der Waals surface area contributed by atoms with Gasteiger partial charge in [0.25, 0.3) is 5.91 Å². The van der Waals surface area contributed by atoms with Gasteiger partial charge in [0.1, 0.15) is 24.0 Å². The number of carbonyl (C=O) groups excluding carboxylic acids is 1. The Kier molecular flexibility index (Phi) is 6.90. The summed E-state index contributed by atoms with van der Waals surface area (Å²) < 4.78 is 5.82. The molecule has 3 rings (SSSR count). The quantitative estimate of drug-likeness (QED) is 0.391. The molecule has 0 fully saturated rings. The largest absolute Gasteiger partial charge is 0.489 e. The van der Waals surface area contributed by atoms with Gasteiger partial charge in [-0.2, -0.15) is 5.26 Å². The highest BCUT2D eigenvalue weighted by Gasteiger charge is 2.12. The molecule has 1 N–H and O–H groups in total. The van der Waals surface area contributed by atoms with Crippen molar-refractivity contribution in [2.24, 2.45) is 0 Å². The number of hydrogen-bond acceptors (Lipinski definition) is 3. The first-order valence-electron chi connectivity index (χ1n) is 9.43. The zero-order valence-corrected chi connectivity index (χ0v) is 17.5. The number of ether oxygens (including phenoxy) is 1. The van der Waals surface area contributed by atoms with Gasteiger partial charge in [0.05, 0.1) is 0 Å². The lowest BCUT2D eigenvalue weighted by molar-refractivity contribution is -0.112. The van der Waals surface area contributed by atoms with Crippen LogP contribution in [-0.4, -0.2) is 5.91 Å². The number of rotatable bonds is 6. The van der Waals surface area contributed by atoms with E-state index >= 15 is 0 Å². The Hall–Kier alpha value is -3.55. The minimum Gasteiger partial charge on any atom is -0.489 e. The summed E-state index contributed by atoms with van der Waals surface area (Å²) in [5, 5.41) is 12.9. The van der Waals surface area contributed by atoms with Crippen LogP contribution < -0.4 is 10.1 Å². The first kappa shape index (κ1) is 21.2. The van der Waals surface area contributed by atoms with Crippen molar-refractivity contribution in [2.45, 2.75) is 20.5 Å². The third-order valence-corrected chi connectivity index (χ3v) is 5.11. The lowest BCUT2D eigenvalue weighted by Gasteiger charge is -2.10. The first-order chi connectivity index (χ1) is 14.5. The van der Waals surface area contributed by atoms with Crippen LogP contribution in [0.3, 0.4) is 0 Å². The summed E-state index contributed by atoms with van der Waals surface area (Å²) in [6.07, 6.45) is 1.54. The summed E-state index contributed by atoms with van der Waals surface area (Å²) in [7, 11) is 0. The Morgan fingerprint density at radius 3 is 2.63 bits per heavy atom. The molecule has 0 saturated carbocycles. The molecule has 0 atom stereocenters. The highest BCUT2D eigenvalue weighted by atomic mass is 35.5. The number of nitriles is 1. The molecule has 0 spiro atoms. The predicted molar refractivity (Wildman–Crippen MR) is 120 cm³/mol. The molecule has 0 radical (unpaired) electrons. The molecule has 0 saturated heterocycles. The van der Waals surface area contributed by atoms with Crippen molar-refractivity contribution in [1.82, 2.24) is 0 Å². The summed E-state index contributed by atoms with van der Waals surface area (Å²) in [4.78, 5) is 12.6. The zero-order valence-electron chi connectivity index (χ0n) is 16.8. The molecule has 0 unspecified atom stereocenters. The molecule has 3 aromatic rings. The van der Waals surface area contributed by atoms with Gasteiger partial charge in [0.2, 0.25) is 0 Å². The van der Waals surface area contributed by atoms with Crippen molar-refractivity contribution in [2.75, 3.05) is 5.32 Å². The van der Waals surface area contributed by atoms with Crippen LogP contribution in [0.25, 0.3) is 6.08 Å². The Morgan fingerprint density at radius 2 is 1.87 bits per heavy atom. The molecule has 3 aromatic carbocycles. The zero-order chi connectivity index (χ0) is 21.5. The van der Waals surface area contributed by atoms with Crippen molar-refractivity contribution in [3.63, 3.8) is 0 Å². The molecule has 4 nitrogen and oxygen atoms in total. The van der Waals surface area contributed by atoms with Gasteiger partial charge in [0, 0.05) is 16.3 Å². The molecule has 0 bridgehead atoms. The predicted octanol–water partition coefficient (Wildman–Crippen LogP) is 6.08. The maximum atomic E-state index is 12.6. The van der Waals surface area contributed by atoms with Crippen molar-refractivity contribution in [3.8, 4) is 11.8 Å². The molecular formula is C25H21ClN2O2. The van der Waals surface area contributed by atoms with E-state index in [1.54, 1.807) is 12.1 Å². The Labute approximate surface area is 181 Å². The number of halogens is 1. The number of hydrogen-bond donors (Lipinski definition) is 1. The number of amides is 1. The fraction of sp³-hybridized carbons (Fsp3) is 0.120. The molecule has 0 aliphatic carbocycles. The normalized spacial score (nSPS) is 10.9. The maximum Gasteiger partial charge on any atom is 0.266 e. The number of nitrogens with zero attached hydrogens (tertiary/aromatic N) is 1. The van der Waals surface area contributed by atoms with Crippen LogP contribution in [0.4, 0.5) is 5.69 Å². The van der Waals surface area contributed by atoms with E-state index in [0.717, 1.165) is 16.7 Å². The van der Waals surface area contributed by atoms with Crippen LogP contribution in [0.1, 0.15) is 22.3 Å². The number of benzene rings is 3. The van der Waals surface area contributed by atoms with Crippen LogP contribution in [0.2, 0.25) is 5.02 Å². The monoisotopic (exact) mass is 416 g/mol. The average molecular weight is 417 g/mol. The molecule has 1 amide bonds. The minimum atomic E-state index is -0.450. The van der Waals surface area contributed by atoms with Crippen LogP contribution >= 0.6 is 11.6 Å². The van der Waals surface area contributed by atoms with E-state index < -0.39 is 5.91 Å². The lowest BCUT2D eigenvalue weighted by atomic mass is 10.1. The van der Waals surface area contributed by atoms with Gasteiger partial charge < -0.3 is 10.1 Å². The van der Waals surface area contributed by atoms with Gasteiger partial charge in [-0.25, -0.2) is 0 Å². The van der Waals surface area contributed by atoms with Gasteiger partial charge in [-0.1, -0.05) is 54.1 Å². The highest BCUT2D eigenvalue weighted by molar-refractivity contribution is 6.31. The molecule has 150 valence electrons. The van der Waals surface area contributed by atoms with E-state index in [0.29, 0.717) is 28.6 Å². The van der Waals surface area contributed by atoms with Crippen molar-refractivity contribution in [1.29, 1.82) is 5.26 Å². The van der Waals surface area contributed by atoms with Gasteiger partial charge in [-0.05, 0) is 60.9 Å². The summed E-state index contributed by atoms with van der Waals surface area (Å²) in [6, 6.07) is 22.3. The highest BCUT2D eigenvalue weighted by Crippen LogP contribution is 2.22. The standard InChI is InChI=1S/C25H21ClN2O2/c1-17-7-5-12-24(18(17)2)28-25(29)21(15-27)13-19-8-6-10-22(14-19)30-16-20-9-3-4-11-23(20)26/h3-14H,16H2,1-2H3,(H,28,29)/b21-13-. The van der Waals surface area contributed by atoms with E-state index in [9.17, 15) is 10.1 Å². The second-order valence-electron chi connectivity index (χ2n) is 6.82. The second-order valence-corrected chi connectivity index (χ2v) is 7.23. The number of aryl methyl sites for hydroxylation is 1. The summed E-state index contributed by atoms with van der Waals surface area (Å²) in [5.74, 6) is 0.171. The third-order valence-electron chi connectivity index (χ3n) is 4.74. The lowest BCUT2D eigenvalue weighted by Crippen LogP contribution is -2.14. The maximum absolute atomic E-state index is 12.6. The fourth-order valence-electron chi connectivity index (χ4n) is 2.86. The number of nitrogens with one attached hydrogen (secondary N) is 1. The van der Waals surface area contributed by atoms with E-state index in [-0.39, 0.29) is 5.57 Å². The van der Waals surface area contributed by atoms with Crippen LogP contribution in [0.5, 0.6) is 5.75 Å². The van der Waals surface area contributed by atoms with Crippen LogP contribution in [0, 0.1) is 25.2 Å². The summed E-state index contributed by atoms with van der Waals surface area (Å²) >= 11 is 6.16. The topological polar surface area (TPSA) is 62.1 Å².